The number of urea groups is 1. The van der Waals surface area contributed by atoms with Gasteiger partial charge in [-0.3, -0.25) is 0 Å². The van der Waals surface area contributed by atoms with Crippen LogP contribution >= 0.6 is 0 Å². The zero-order valence-electron chi connectivity index (χ0n) is 13.9. The Hall–Kier alpha value is -2.30. The van der Waals surface area contributed by atoms with Gasteiger partial charge >= 0.3 is 6.03 Å². The van der Waals surface area contributed by atoms with E-state index in [4.69, 9.17) is 0 Å². The zero-order chi connectivity index (χ0) is 16.4. The summed E-state index contributed by atoms with van der Waals surface area (Å²) < 4.78 is 2.29. The quantitative estimate of drug-likeness (QED) is 0.898. The smallest absolute Gasteiger partial charge is 0.319 e. The summed E-state index contributed by atoms with van der Waals surface area (Å²) in [4.78, 5) is 16.6. The molecule has 2 aliphatic rings. The van der Waals surface area contributed by atoms with Crippen LogP contribution < -0.4 is 10.6 Å². The number of anilines is 1. The number of hydrogen-bond acceptors (Lipinski definition) is 2. The first-order valence-electron chi connectivity index (χ1n) is 9.02. The van der Waals surface area contributed by atoms with Crippen molar-refractivity contribution < 1.29 is 4.79 Å². The third-order valence-corrected chi connectivity index (χ3v) is 5.10. The van der Waals surface area contributed by atoms with Crippen LogP contribution in [0, 0.1) is 0 Å². The Labute approximate surface area is 142 Å². The lowest BCUT2D eigenvalue weighted by atomic mass is 9.96. The molecular weight excluding hydrogens is 300 g/mol. The molecule has 0 radical (unpaired) electrons. The number of rotatable bonds is 3. The first-order chi connectivity index (χ1) is 11.8. The summed E-state index contributed by atoms with van der Waals surface area (Å²) in [6.45, 7) is 1.05. The van der Waals surface area contributed by atoms with Crippen molar-refractivity contribution in [2.75, 3.05) is 5.32 Å². The summed E-state index contributed by atoms with van der Waals surface area (Å²) in [6.07, 6.45) is 10.1. The molecule has 126 valence electrons. The highest BCUT2D eigenvalue weighted by Gasteiger charge is 2.17. The molecule has 0 spiro atoms. The Balaban J connectivity index is 1.39. The number of hydrogen-bond donors (Lipinski definition) is 2. The third-order valence-electron chi connectivity index (χ3n) is 5.10. The fourth-order valence-electron chi connectivity index (χ4n) is 3.81. The van der Waals surface area contributed by atoms with E-state index in [-0.39, 0.29) is 6.03 Å². The largest absolute Gasteiger partial charge is 0.335 e. The van der Waals surface area contributed by atoms with Gasteiger partial charge in [-0.15, -0.1) is 0 Å². The average Bonchev–Trinajstić information content (AvgIpc) is 3.20. The Morgan fingerprint density at radius 2 is 1.88 bits per heavy atom. The van der Waals surface area contributed by atoms with Crippen molar-refractivity contribution in [2.24, 2.45) is 0 Å². The van der Waals surface area contributed by atoms with E-state index in [1.807, 2.05) is 18.3 Å². The standard InChI is InChI=1S/C19H24N4O/c24-19(21-15-5-2-1-3-6-15)22-16-10-8-14(9-11-16)17-13-20-18-7-4-12-23(17)18/h8-11,13,15H,1-7,12H2,(H2,21,22,24). The van der Waals surface area contributed by atoms with Crippen molar-refractivity contribution in [3.05, 3.63) is 36.3 Å². The molecule has 1 saturated carbocycles. The maximum Gasteiger partial charge on any atom is 0.319 e. The number of nitrogens with zero attached hydrogens (tertiary/aromatic N) is 2. The molecule has 5 nitrogen and oxygen atoms in total. The summed E-state index contributed by atoms with van der Waals surface area (Å²) in [5, 5.41) is 6.02. The van der Waals surface area contributed by atoms with Gasteiger partial charge in [0.2, 0.25) is 0 Å². The number of nitrogens with one attached hydrogen (secondary N) is 2. The number of fused-ring (bicyclic) bond motifs is 1. The van der Waals surface area contributed by atoms with Crippen LogP contribution in [0.5, 0.6) is 0 Å². The maximum atomic E-state index is 12.1. The van der Waals surface area contributed by atoms with E-state index in [9.17, 15) is 4.79 Å². The highest BCUT2D eigenvalue weighted by Crippen LogP contribution is 2.26. The Morgan fingerprint density at radius 1 is 1.08 bits per heavy atom. The predicted molar refractivity (Wildman–Crippen MR) is 95.0 cm³/mol. The average molecular weight is 324 g/mol. The molecule has 24 heavy (non-hydrogen) atoms. The molecular formula is C19H24N4O. The van der Waals surface area contributed by atoms with Crippen LogP contribution in [0.15, 0.2) is 30.5 Å². The second kappa shape index (κ2) is 6.67. The predicted octanol–water partition coefficient (Wildman–Crippen LogP) is 3.95. The van der Waals surface area contributed by atoms with Gasteiger partial charge in [0.1, 0.15) is 5.82 Å². The molecule has 1 aliphatic heterocycles. The van der Waals surface area contributed by atoms with E-state index in [1.165, 1.54) is 37.2 Å². The minimum atomic E-state index is -0.0973. The molecule has 1 aromatic carbocycles. The molecule has 0 bridgehead atoms. The minimum absolute atomic E-state index is 0.0973. The maximum absolute atomic E-state index is 12.1. The van der Waals surface area contributed by atoms with Gasteiger partial charge in [0.05, 0.1) is 11.9 Å². The summed E-state index contributed by atoms with van der Waals surface area (Å²) in [6, 6.07) is 8.26. The molecule has 1 fully saturated rings. The second-order valence-electron chi connectivity index (χ2n) is 6.83. The number of aryl methyl sites for hydroxylation is 1. The van der Waals surface area contributed by atoms with E-state index in [0.717, 1.165) is 37.1 Å². The van der Waals surface area contributed by atoms with Gasteiger partial charge in [-0.25, -0.2) is 9.78 Å². The minimum Gasteiger partial charge on any atom is -0.335 e. The van der Waals surface area contributed by atoms with Crippen molar-refractivity contribution >= 4 is 11.7 Å². The van der Waals surface area contributed by atoms with Crippen molar-refractivity contribution in [2.45, 2.75) is 57.5 Å². The van der Waals surface area contributed by atoms with Crippen molar-refractivity contribution in [1.82, 2.24) is 14.9 Å². The number of aromatic nitrogens is 2. The van der Waals surface area contributed by atoms with Gasteiger partial charge in [-0.05, 0) is 37.0 Å². The third kappa shape index (κ3) is 3.16. The SMILES string of the molecule is O=C(Nc1ccc(-c2cnc3n2CCC3)cc1)NC1CCCCC1. The van der Waals surface area contributed by atoms with E-state index in [0.29, 0.717) is 6.04 Å². The summed E-state index contributed by atoms with van der Waals surface area (Å²) >= 11 is 0. The highest BCUT2D eigenvalue weighted by molar-refractivity contribution is 5.89. The van der Waals surface area contributed by atoms with Gasteiger partial charge < -0.3 is 15.2 Å². The molecule has 2 heterocycles. The Kier molecular flexibility index (Phi) is 4.24. The summed E-state index contributed by atoms with van der Waals surface area (Å²) in [5.41, 5.74) is 3.14. The Bertz CT molecular complexity index is 713. The molecule has 2 amide bonds. The topological polar surface area (TPSA) is 59.0 Å². The van der Waals surface area contributed by atoms with Crippen LogP contribution in [0.3, 0.4) is 0 Å². The van der Waals surface area contributed by atoms with Gasteiger partial charge in [0.25, 0.3) is 0 Å². The van der Waals surface area contributed by atoms with Gasteiger partial charge in [0.15, 0.2) is 0 Å². The lowest BCUT2D eigenvalue weighted by Gasteiger charge is -2.22. The fraction of sp³-hybridized carbons (Fsp3) is 0.474. The zero-order valence-corrected chi connectivity index (χ0v) is 13.9. The monoisotopic (exact) mass is 324 g/mol. The van der Waals surface area contributed by atoms with Crippen molar-refractivity contribution in [1.29, 1.82) is 0 Å². The molecule has 4 rings (SSSR count). The normalized spacial score (nSPS) is 17.5. The van der Waals surface area contributed by atoms with E-state index in [1.54, 1.807) is 0 Å². The van der Waals surface area contributed by atoms with E-state index >= 15 is 0 Å². The van der Waals surface area contributed by atoms with Gasteiger partial charge in [0, 0.05) is 24.7 Å². The fourth-order valence-corrected chi connectivity index (χ4v) is 3.81. The first-order valence-corrected chi connectivity index (χ1v) is 9.02. The number of carbonyl (C=O) groups is 1. The Morgan fingerprint density at radius 3 is 2.67 bits per heavy atom. The summed E-state index contributed by atoms with van der Waals surface area (Å²) in [7, 11) is 0. The van der Waals surface area contributed by atoms with Crippen molar-refractivity contribution in [3.8, 4) is 11.3 Å². The molecule has 5 heteroatoms. The number of benzene rings is 1. The highest BCUT2D eigenvalue weighted by atomic mass is 16.2. The van der Waals surface area contributed by atoms with Crippen LogP contribution in [0.4, 0.5) is 10.5 Å². The number of carbonyl (C=O) groups excluding carboxylic acids is 1. The molecule has 1 aromatic heterocycles. The first kappa shape index (κ1) is 15.2. The van der Waals surface area contributed by atoms with Crippen LogP contribution in [0.25, 0.3) is 11.3 Å². The van der Waals surface area contributed by atoms with Gasteiger partial charge in [-0.1, -0.05) is 31.4 Å². The number of imidazole rings is 1. The molecule has 1 aliphatic carbocycles. The molecule has 0 saturated heterocycles. The second-order valence-corrected chi connectivity index (χ2v) is 6.83. The van der Waals surface area contributed by atoms with E-state index < -0.39 is 0 Å². The van der Waals surface area contributed by atoms with Crippen LogP contribution in [0.1, 0.15) is 44.3 Å². The summed E-state index contributed by atoms with van der Waals surface area (Å²) in [5.74, 6) is 1.18. The lowest BCUT2D eigenvalue weighted by molar-refractivity contribution is 0.244. The molecule has 2 aromatic rings. The van der Waals surface area contributed by atoms with Crippen LogP contribution in [0.2, 0.25) is 0 Å². The lowest BCUT2D eigenvalue weighted by Crippen LogP contribution is -2.38. The van der Waals surface area contributed by atoms with Crippen molar-refractivity contribution in [3.63, 3.8) is 0 Å². The van der Waals surface area contributed by atoms with Crippen LogP contribution in [-0.4, -0.2) is 21.6 Å². The molecule has 0 unspecified atom stereocenters. The molecule has 2 N–H and O–H groups in total. The van der Waals surface area contributed by atoms with Crippen LogP contribution in [-0.2, 0) is 13.0 Å². The van der Waals surface area contributed by atoms with E-state index in [2.05, 4.69) is 32.3 Å². The van der Waals surface area contributed by atoms with Gasteiger partial charge in [-0.2, -0.15) is 0 Å². The molecule has 0 atom stereocenters. The number of amides is 2.